The molecular weight excluding hydrogens is 290 g/mol. The van der Waals surface area contributed by atoms with E-state index in [1.165, 1.54) is 24.3 Å². The molecule has 2 aromatic rings. The zero-order valence-electron chi connectivity index (χ0n) is 11.0. The van der Waals surface area contributed by atoms with Crippen molar-refractivity contribution in [2.45, 2.75) is 11.3 Å². The first-order valence-corrected chi connectivity index (χ1v) is 7.74. The summed E-state index contributed by atoms with van der Waals surface area (Å²) in [5.74, 6) is 0. The van der Waals surface area contributed by atoms with Crippen LogP contribution < -0.4 is 0 Å². The van der Waals surface area contributed by atoms with Crippen LogP contribution in [0.25, 0.3) is 0 Å². The minimum atomic E-state index is -3.58. The summed E-state index contributed by atoms with van der Waals surface area (Å²) in [6.45, 7) is 0. The number of benzene rings is 2. The molecule has 0 heterocycles. The van der Waals surface area contributed by atoms with Crippen molar-refractivity contribution in [3.05, 3.63) is 81.8 Å². The third-order valence-electron chi connectivity index (χ3n) is 2.85. The molecule has 0 unspecified atom stereocenters. The van der Waals surface area contributed by atoms with Crippen molar-refractivity contribution in [3.8, 4) is 0 Å². The minimum absolute atomic E-state index is 0.0393. The number of hydrogen-bond donors (Lipinski definition) is 0. The molecule has 0 aromatic heterocycles. The van der Waals surface area contributed by atoms with Crippen molar-refractivity contribution in [3.63, 3.8) is 0 Å². The quantitative estimate of drug-likeness (QED) is 0.628. The molecule has 0 atom stereocenters. The minimum Gasteiger partial charge on any atom is -0.258 e. The van der Waals surface area contributed by atoms with Crippen LogP contribution >= 0.6 is 0 Å². The molecule has 21 heavy (non-hydrogen) atoms. The highest BCUT2D eigenvalue weighted by Gasteiger charge is 2.12. The predicted octanol–water partition coefficient (Wildman–Crippen LogP) is 3.12. The average molecular weight is 303 g/mol. The van der Waals surface area contributed by atoms with E-state index in [1.54, 1.807) is 6.08 Å². The number of nitro groups is 1. The number of nitro benzene ring substituents is 1. The van der Waals surface area contributed by atoms with Crippen LogP contribution in [0.2, 0.25) is 0 Å². The van der Waals surface area contributed by atoms with Crippen molar-refractivity contribution in [2.24, 2.45) is 0 Å². The van der Waals surface area contributed by atoms with Gasteiger partial charge in [-0.05, 0) is 24.1 Å². The highest BCUT2D eigenvalue weighted by atomic mass is 32.2. The molecular formula is C15H13NO4S. The van der Waals surface area contributed by atoms with Crippen LogP contribution in [0.5, 0.6) is 0 Å². The van der Waals surface area contributed by atoms with E-state index in [4.69, 9.17) is 0 Å². The van der Waals surface area contributed by atoms with E-state index in [2.05, 4.69) is 0 Å². The second-order valence-electron chi connectivity index (χ2n) is 4.36. The molecule has 0 fully saturated rings. The number of nitrogens with zero attached hydrogens (tertiary/aromatic N) is 1. The Morgan fingerprint density at radius 1 is 1.00 bits per heavy atom. The Labute approximate surface area is 122 Å². The second kappa shape index (κ2) is 6.32. The van der Waals surface area contributed by atoms with Gasteiger partial charge in [-0.25, -0.2) is 8.42 Å². The van der Waals surface area contributed by atoms with Gasteiger partial charge >= 0.3 is 0 Å². The van der Waals surface area contributed by atoms with Crippen molar-refractivity contribution in [2.75, 3.05) is 0 Å². The first-order valence-electron chi connectivity index (χ1n) is 6.19. The third kappa shape index (κ3) is 4.00. The van der Waals surface area contributed by atoms with Gasteiger partial charge in [0.1, 0.15) is 0 Å². The first-order chi connectivity index (χ1) is 9.99. The SMILES string of the molecule is O=[N+]([O-])c1ccc(S(=O)(=O)C=CCc2ccccc2)cc1. The zero-order valence-corrected chi connectivity index (χ0v) is 11.9. The molecule has 2 aromatic carbocycles. The molecule has 0 aliphatic carbocycles. The fraction of sp³-hybridized carbons (Fsp3) is 0.0667. The van der Waals surface area contributed by atoms with Crippen molar-refractivity contribution in [1.82, 2.24) is 0 Å². The molecule has 0 radical (unpaired) electrons. The van der Waals surface area contributed by atoms with Gasteiger partial charge in [0.2, 0.25) is 0 Å². The van der Waals surface area contributed by atoms with Crippen LogP contribution in [-0.2, 0) is 16.3 Å². The predicted molar refractivity (Wildman–Crippen MR) is 79.6 cm³/mol. The highest BCUT2D eigenvalue weighted by molar-refractivity contribution is 7.94. The van der Waals surface area contributed by atoms with E-state index in [0.717, 1.165) is 11.0 Å². The first kappa shape index (κ1) is 14.9. The van der Waals surface area contributed by atoms with E-state index in [1.807, 2.05) is 30.3 Å². The summed E-state index contributed by atoms with van der Waals surface area (Å²) in [6.07, 6.45) is 2.07. The lowest BCUT2D eigenvalue weighted by Gasteiger charge is -1.99. The lowest BCUT2D eigenvalue weighted by Crippen LogP contribution is -1.97. The van der Waals surface area contributed by atoms with E-state index < -0.39 is 14.8 Å². The van der Waals surface area contributed by atoms with Gasteiger partial charge in [-0.15, -0.1) is 0 Å². The van der Waals surface area contributed by atoms with Crippen LogP contribution in [0.3, 0.4) is 0 Å². The maximum atomic E-state index is 12.0. The smallest absolute Gasteiger partial charge is 0.258 e. The standard InChI is InChI=1S/C15H13NO4S/c17-16(18)14-8-10-15(11-9-14)21(19,20)12-4-7-13-5-2-1-3-6-13/h1-6,8-12H,7H2. The van der Waals surface area contributed by atoms with E-state index in [-0.39, 0.29) is 10.6 Å². The maximum Gasteiger partial charge on any atom is 0.269 e. The fourth-order valence-corrected chi connectivity index (χ4v) is 2.78. The fourth-order valence-electron chi connectivity index (χ4n) is 1.76. The lowest BCUT2D eigenvalue weighted by molar-refractivity contribution is -0.384. The van der Waals surface area contributed by atoms with Crippen LogP contribution in [0, 0.1) is 10.1 Å². The monoisotopic (exact) mass is 303 g/mol. The summed E-state index contributed by atoms with van der Waals surface area (Å²) in [5.41, 5.74) is 0.870. The summed E-state index contributed by atoms with van der Waals surface area (Å²) in [4.78, 5) is 10.0. The van der Waals surface area contributed by atoms with Gasteiger partial charge < -0.3 is 0 Å². The van der Waals surface area contributed by atoms with Gasteiger partial charge in [0.05, 0.1) is 9.82 Å². The number of hydrogen-bond acceptors (Lipinski definition) is 4. The number of sulfone groups is 1. The highest BCUT2D eigenvalue weighted by Crippen LogP contribution is 2.17. The second-order valence-corrected chi connectivity index (χ2v) is 6.19. The Hall–Kier alpha value is -2.47. The molecule has 0 spiro atoms. The van der Waals surface area contributed by atoms with E-state index in [9.17, 15) is 18.5 Å². The summed E-state index contributed by atoms with van der Waals surface area (Å²) in [5, 5.41) is 11.7. The van der Waals surface area contributed by atoms with E-state index >= 15 is 0 Å². The van der Waals surface area contributed by atoms with Gasteiger partial charge in [-0.3, -0.25) is 10.1 Å². The largest absolute Gasteiger partial charge is 0.269 e. The van der Waals surface area contributed by atoms with Crippen molar-refractivity contribution >= 4 is 15.5 Å². The van der Waals surface area contributed by atoms with Gasteiger partial charge in [0.15, 0.2) is 9.84 Å². The molecule has 0 saturated carbocycles. The van der Waals surface area contributed by atoms with Crippen LogP contribution in [0.15, 0.2) is 71.0 Å². The van der Waals surface area contributed by atoms with Crippen LogP contribution in [0.4, 0.5) is 5.69 Å². The Balaban J connectivity index is 2.12. The topological polar surface area (TPSA) is 77.3 Å². The molecule has 0 aliphatic rings. The molecule has 0 aliphatic heterocycles. The number of rotatable bonds is 5. The number of allylic oxidation sites excluding steroid dienone is 1. The summed E-state index contributed by atoms with van der Waals surface area (Å²) < 4.78 is 24.1. The molecule has 108 valence electrons. The molecule has 0 amide bonds. The molecule has 5 nitrogen and oxygen atoms in total. The van der Waals surface area contributed by atoms with Crippen molar-refractivity contribution in [1.29, 1.82) is 0 Å². The lowest BCUT2D eigenvalue weighted by atomic mass is 10.2. The molecule has 2 rings (SSSR count). The molecule has 0 bridgehead atoms. The summed E-state index contributed by atoms with van der Waals surface area (Å²) in [7, 11) is -3.58. The number of non-ortho nitro benzene ring substituents is 1. The van der Waals surface area contributed by atoms with Gasteiger partial charge in [-0.2, -0.15) is 0 Å². The van der Waals surface area contributed by atoms with Crippen LogP contribution in [-0.4, -0.2) is 13.3 Å². The average Bonchev–Trinajstić information content (AvgIpc) is 2.48. The molecule has 0 saturated heterocycles. The maximum absolute atomic E-state index is 12.0. The Kier molecular flexibility index (Phi) is 4.49. The van der Waals surface area contributed by atoms with Gasteiger partial charge in [0, 0.05) is 17.5 Å². The Morgan fingerprint density at radius 3 is 2.19 bits per heavy atom. The third-order valence-corrected chi connectivity index (χ3v) is 4.33. The Bertz CT molecular complexity index is 750. The molecule has 6 heteroatoms. The van der Waals surface area contributed by atoms with Crippen LogP contribution in [0.1, 0.15) is 5.56 Å². The van der Waals surface area contributed by atoms with E-state index in [0.29, 0.717) is 6.42 Å². The summed E-state index contributed by atoms with van der Waals surface area (Å²) >= 11 is 0. The van der Waals surface area contributed by atoms with Gasteiger partial charge in [0.25, 0.3) is 5.69 Å². The Morgan fingerprint density at radius 2 is 1.62 bits per heavy atom. The van der Waals surface area contributed by atoms with Crippen molar-refractivity contribution < 1.29 is 13.3 Å². The summed E-state index contributed by atoms with van der Waals surface area (Å²) in [6, 6.07) is 14.3. The molecule has 0 N–H and O–H groups in total. The van der Waals surface area contributed by atoms with Gasteiger partial charge in [-0.1, -0.05) is 36.4 Å². The zero-order chi connectivity index (χ0) is 15.3. The normalized spacial score (nSPS) is 11.6.